The van der Waals surface area contributed by atoms with Crippen LogP contribution in [0.25, 0.3) is 11.2 Å². The maximum Gasteiger partial charge on any atom is 0.332 e. The van der Waals surface area contributed by atoms with Crippen molar-refractivity contribution in [2.24, 2.45) is 12.8 Å². The number of hydrogen-bond acceptors (Lipinski definition) is 7. The number of imidazole rings is 1. The smallest absolute Gasteiger partial charge is 0.332 e. The van der Waals surface area contributed by atoms with Crippen LogP contribution < -0.4 is 26.6 Å². The minimum atomic E-state index is -0.617. The topological polar surface area (TPSA) is 117 Å². The quantitative estimate of drug-likeness (QED) is 0.422. The predicted molar refractivity (Wildman–Crippen MR) is 129 cm³/mol. The van der Waals surface area contributed by atoms with Crippen molar-refractivity contribution >= 4 is 22.9 Å². The highest BCUT2D eigenvalue weighted by Crippen LogP contribution is 2.23. The SMILES string of the molecule is CC#CCn1c(N2CCCC(N)C2)nc2c1c(=O)n(CC(=O)c1ccccc1OC)c(=O)n2C. The Hall–Kier alpha value is -3.84. The summed E-state index contributed by atoms with van der Waals surface area (Å²) in [7, 11) is 3.01. The number of nitrogens with zero attached hydrogens (tertiary/aromatic N) is 5. The van der Waals surface area contributed by atoms with Crippen molar-refractivity contribution < 1.29 is 9.53 Å². The summed E-state index contributed by atoms with van der Waals surface area (Å²) in [6, 6.07) is 6.71. The van der Waals surface area contributed by atoms with Crippen molar-refractivity contribution in [3.8, 4) is 17.6 Å². The minimum absolute atomic E-state index is 0.00165. The van der Waals surface area contributed by atoms with E-state index in [4.69, 9.17) is 10.5 Å². The zero-order valence-corrected chi connectivity index (χ0v) is 19.6. The Labute approximate surface area is 196 Å². The Morgan fingerprint density at radius 1 is 1.26 bits per heavy atom. The molecule has 1 aromatic carbocycles. The number of methoxy groups -OCH3 is 1. The summed E-state index contributed by atoms with van der Waals surface area (Å²) >= 11 is 0. The second-order valence-corrected chi connectivity index (χ2v) is 8.30. The van der Waals surface area contributed by atoms with Crippen LogP contribution in [0.1, 0.15) is 30.1 Å². The third-order valence-corrected chi connectivity index (χ3v) is 6.08. The molecule has 0 aliphatic carbocycles. The second kappa shape index (κ2) is 9.57. The van der Waals surface area contributed by atoms with Crippen molar-refractivity contribution in [2.45, 2.75) is 38.9 Å². The largest absolute Gasteiger partial charge is 0.496 e. The number of para-hydroxylation sites is 1. The number of benzene rings is 1. The van der Waals surface area contributed by atoms with E-state index in [0.29, 0.717) is 23.8 Å². The molecule has 1 saturated heterocycles. The van der Waals surface area contributed by atoms with Crippen LogP contribution in [-0.2, 0) is 20.1 Å². The summed E-state index contributed by atoms with van der Waals surface area (Å²) in [4.78, 5) is 46.4. The van der Waals surface area contributed by atoms with Crippen molar-refractivity contribution in [3.05, 3.63) is 50.7 Å². The summed E-state index contributed by atoms with van der Waals surface area (Å²) in [6.45, 7) is 2.86. The predicted octanol–water partition coefficient (Wildman–Crippen LogP) is 0.739. The lowest BCUT2D eigenvalue weighted by molar-refractivity contribution is 0.0966. The van der Waals surface area contributed by atoms with Crippen LogP contribution >= 0.6 is 0 Å². The lowest BCUT2D eigenvalue weighted by atomic mass is 10.1. The van der Waals surface area contributed by atoms with E-state index in [2.05, 4.69) is 16.8 Å². The molecule has 1 atom stereocenters. The molecule has 0 amide bonds. The van der Waals surface area contributed by atoms with Crippen molar-refractivity contribution in [1.29, 1.82) is 0 Å². The summed E-state index contributed by atoms with van der Waals surface area (Å²) in [6.07, 6.45) is 1.82. The standard InChI is InChI=1S/C24H28N6O4/c1-4-5-13-29-20-21(26-23(29)28-12-8-9-16(25)14-28)27(2)24(33)30(22(20)32)15-18(31)17-10-6-7-11-19(17)34-3/h6-7,10-11,16H,8-9,12-15,25H2,1-3H3. The highest BCUT2D eigenvalue weighted by atomic mass is 16.5. The molecule has 4 rings (SSSR count). The molecular formula is C24H28N6O4. The maximum atomic E-state index is 13.6. The third-order valence-electron chi connectivity index (χ3n) is 6.08. The van der Waals surface area contributed by atoms with Crippen molar-refractivity contribution in [2.75, 3.05) is 25.1 Å². The zero-order valence-electron chi connectivity index (χ0n) is 19.6. The fourth-order valence-electron chi connectivity index (χ4n) is 4.34. The fraction of sp³-hybridized carbons (Fsp3) is 0.417. The number of rotatable bonds is 6. The molecule has 178 valence electrons. The minimum Gasteiger partial charge on any atom is -0.496 e. The number of hydrogen-bond donors (Lipinski definition) is 1. The summed E-state index contributed by atoms with van der Waals surface area (Å²) in [5.41, 5.74) is 5.75. The first-order chi connectivity index (χ1) is 16.4. The number of aromatic nitrogens is 4. The Morgan fingerprint density at radius 2 is 2.03 bits per heavy atom. The van der Waals surface area contributed by atoms with E-state index in [-0.39, 0.29) is 23.8 Å². The van der Waals surface area contributed by atoms with Crippen LogP contribution in [0.15, 0.2) is 33.9 Å². The first-order valence-electron chi connectivity index (χ1n) is 11.1. The molecule has 0 radical (unpaired) electrons. The molecule has 0 saturated carbocycles. The van der Waals surface area contributed by atoms with E-state index in [9.17, 15) is 14.4 Å². The molecule has 34 heavy (non-hydrogen) atoms. The number of anilines is 1. The van der Waals surface area contributed by atoms with E-state index in [1.54, 1.807) is 42.8 Å². The van der Waals surface area contributed by atoms with Crippen LogP contribution in [0.4, 0.5) is 5.95 Å². The number of carbonyl (C=O) groups excluding carboxylic acids is 1. The van der Waals surface area contributed by atoms with E-state index >= 15 is 0 Å². The van der Waals surface area contributed by atoms with Crippen LogP contribution in [0.2, 0.25) is 0 Å². The molecule has 0 bridgehead atoms. The Balaban J connectivity index is 1.88. The fourth-order valence-corrected chi connectivity index (χ4v) is 4.34. The Bertz CT molecular complexity index is 1420. The molecule has 0 spiro atoms. The molecule has 3 aromatic rings. The molecule has 1 aliphatic heterocycles. The van der Waals surface area contributed by atoms with Gasteiger partial charge in [-0.3, -0.25) is 23.3 Å². The maximum absolute atomic E-state index is 13.6. The van der Waals surface area contributed by atoms with E-state index in [1.807, 2.05) is 4.90 Å². The average molecular weight is 465 g/mol. The van der Waals surface area contributed by atoms with Gasteiger partial charge in [0.2, 0.25) is 5.95 Å². The lowest BCUT2D eigenvalue weighted by Crippen LogP contribution is -2.44. The highest BCUT2D eigenvalue weighted by Gasteiger charge is 2.26. The number of aryl methyl sites for hydroxylation is 1. The molecule has 10 nitrogen and oxygen atoms in total. The number of nitrogens with two attached hydrogens (primary N) is 1. The summed E-state index contributed by atoms with van der Waals surface area (Å²) < 4.78 is 9.23. The van der Waals surface area contributed by atoms with Gasteiger partial charge in [0.25, 0.3) is 5.56 Å². The number of ether oxygens (including phenoxy) is 1. The summed E-state index contributed by atoms with van der Waals surface area (Å²) in [5, 5.41) is 0. The molecular weight excluding hydrogens is 436 g/mol. The van der Waals surface area contributed by atoms with Gasteiger partial charge in [-0.2, -0.15) is 4.98 Å². The second-order valence-electron chi connectivity index (χ2n) is 8.30. The van der Waals surface area contributed by atoms with Gasteiger partial charge in [0, 0.05) is 26.2 Å². The molecule has 2 N–H and O–H groups in total. The number of piperidine rings is 1. The molecule has 2 aromatic heterocycles. The molecule has 10 heteroatoms. The van der Waals surface area contributed by atoms with Gasteiger partial charge < -0.3 is 15.4 Å². The first kappa shape index (κ1) is 23.3. The van der Waals surface area contributed by atoms with Gasteiger partial charge in [0.15, 0.2) is 16.9 Å². The average Bonchev–Trinajstić information content (AvgIpc) is 3.23. The van der Waals surface area contributed by atoms with E-state index in [1.165, 1.54) is 11.7 Å². The van der Waals surface area contributed by atoms with Crippen LogP contribution in [0.5, 0.6) is 5.75 Å². The van der Waals surface area contributed by atoms with Crippen LogP contribution in [0, 0.1) is 11.8 Å². The van der Waals surface area contributed by atoms with Gasteiger partial charge in [-0.05, 0) is 31.9 Å². The summed E-state index contributed by atoms with van der Waals surface area (Å²) in [5.74, 6) is 6.37. The van der Waals surface area contributed by atoms with Crippen molar-refractivity contribution in [3.63, 3.8) is 0 Å². The molecule has 1 fully saturated rings. The first-order valence-corrected chi connectivity index (χ1v) is 11.1. The van der Waals surface area contributed by atoms with Crippen LogP contribution in [0.3, 0.4) is 0 Å². The molecule has 1 aliphatic rings. The van der Waals surface area contributed by atoms with Gasteiger partial charge >= 0.3 is 5.69 Å². The van der Waals surface area contributed by atoms with E-state index in [0.717, 1.165) is 24.0 Å². The third kappa shape index (κ3) is 4.10. The van der Waals surface area contributed by atoms with Crippen molar-refractivity contribution in [1.82, 2.24) is 18.7 Å². The number of ketones is 1. The van der Waals surface area contributed by atoms with Gasteiger partial charge in [-0.1, -0.05) is 18.1 Å². The van der Waals surface area contributed by atoms with Gasteiger partial charge in [-0.15, -0.1) is 5.92 Å². The van der Waals surface area contributed by atoms with Gasteiger partial charge in [0.05, 0.1) is 25.8 Å². The van der Waals surface area contributed by atoms with Crippen LogP contribution in [-0.4, -0.2) is 50.7 Å². The number of Topliss-reactive ketones (excluding diaryl/α,β-unsaturated/α-hetero) is 1. The highest BCUT2D eigenvalue weighted by molar-refractivity contribution is 5.98. The van der Waals surface area contributed by atoms with Gasteiger partial charge in [0.1, 0.15) is 5.75 Å². The molecule has 3 heterocycles. The van der Waals surface area contributed by atoms with Gasteiger partial charge in [-0.25, -0.2) is 4.79 Å². The number of fused-ring (bicyclic) bond motifs is 1. The van der Waals surface area contributed by atoms with E-state index < -0.39 is 23.6 Å². The molecule has 1 unspecified atom stereocenters. The Morgan fingerprint density at radius 3 is 2.74 bits per heavy atom. The normalized spacial score (nSPS) is 15.8. The monoisotopic (exact) mass is 464 g/mol. The Kier molecular flexibility index (Phi) is 6.56. The zero-order chi connectivity index (χ0) is 24.4. The number of carbonyl (C=O) groups is 1. The lowest BCUT2D eigenvalue weighted by Gasteiger charge is -2.31.